The summed E-state index contributed by atoms with van der Waals surface area (Å²) in [6.45, 7) is 4.15. The Morgan fingerprint density at radius 2 is 2.25 bits per heavy atom. The van der Waals surface area contributed by atoms with Crippen molar-refractivity contribution in [3.8, 4) is 11.4 Å². The molecule has 1 unspecified atom stereocenters. The number of hydrogen-bond acceptors (Lipinski definition) is 6. The Bertz CT molecular complexity index is 601. The van der Waals surface area contributed by atoms with Gasteiger partial charge in [0.1, 0.15) is 11.4 Å². The molecular weight excluding hydrogens is 278 g/mol. The molecule has 0 aliphatic carbocycles. The molecule has 0 saturated heterocycles. The van der Waals surface area contributed by atoms with E-state index in [1.54, 1.807) is 6.92 Å². The minimum absolute atomic E-state index is 0.414. The van der Waals surface area contributed by atoms with Crippen molar-refractivity contribution in [1.29, 1.82) is 0 Å². The number of rotatable bonds is 6. The summed E-state index contributed by atoms with van der Waals surface area (Å²) < 4.78 is 7.09. The first-order valence-electron chi connectivity index (χ1n) is 6.10. The van der Waals surface area contributed by atoms with Crippen LogP contribution in [0.4, 0.5) is 0 Å². The van der Waals surface area contributed by atoms with Crippen LogP contribution in [-0.4, -0.2) is 38.0 Å². The van der Waals surface area contributed by atoms with Crippen molar-refractivity contribution >= 4 is 17.7 Å². The van der Waals surface area contributed by atoms with Gasteiger partial charge in [-0.1, -0.05) is 23.9 Å². The fourth-order valence-electron chi connectivity index (χ4n) is 1.53. The van der Waals surface area contributed by atoms with Crippen LogP contribution < -0.4 is 10.5 Å². The Kier molecular flexibility index (Phi) is 4.57. The van der Waals surface area contributed by atoms with E-state index >= 15 is 0 Å². The van der Waals surface area contributed by atoms with Gasteiger partial charge in [-0.3, -0.25) is 4.79 Å². The zero-order chi connectivity index (χ0) is 14.5. The number of benzene rings is 1. The number of carbonyl (C=O) groups excluding carboxylic acids is 1. The lowest BCUT2D eigenvalue weighted by atomic mass is 10.3. The normalized spacial score (nSPS) is 12.1. The zero-order valence-corrected chi connectivity index (χ0v) is 12.0. The maximum absolute atomic E-state index is 11.1. The fourth-order valence-corrected chi connectivity index (χ4v) is 2.28. The Morgan fingerprint density at radius 1 is 1.50 bits per heavy atom. The van der Waals surface area contributed by atoms with Crippen molar-refractivity contribution in [3.05, 3.63) is 24.3 Å². The van der Waals surface area contributed by atoms with Gasteiger partial charge in [-0.15, -0.1) is 5.10 Å². The highest BCUT2D eigenvalue weighted by molar-refractivity contribution is 8.00. The Labute approximate surface area is 120 Å². The zero-order valence-electron chi connectivity index (χ0n) is 11.2. The molecule has 0 aliphatic rings. The molecule has 1 aromatic heterocycles. The number of thioether (sulfide) groups is 1. The second kappa shape index (κ2) is 6.38. The molecule has 2 N–H and O–H groups in total. The van der Waals surface area contributed by atoms with Crippen LogP contribution in [0.25, 0.3) is 5.69 Å². The topological polar surface area (TPSA) is 95.9 Å². The summed E-state index contributed by atoms with van der Waals surface area (Å²) in [6, 6.07) is 7.43. The minimum Gasteiger partial charge on any atom is -0.492 e. The fraction of sp³-hybridized carbons (Fsp3) is 0.333. The maximum Gasteiger partial charge on any atom is 0.230 e. The molecule has 106 valence electrons. The monoisotopic (exact) mass is 293 g/mol. The van der Waals surface area contributed by atoms with E-state index in [0.717, 1.165) is 5.69 Å². The van der Waals surface area contributed by atoms with Crippen molar-refractivity contribution < 1.29 is 9.53 Å². The third-order valence-electron chi connectivity index (χ3n) is 2.52. The molecule has 1 heterocycles. The second-order valence-corrected chi connectivity index (χ2v) is 5.24. The van der Waals surface area contributed by atoms with Gasteiger partial charge in [0.05, 0.1) is 11.9 Å². The predicted octanol–water partition coefficient (Wildman–Crippen LogP) is 1.03. The largest absolute Gasteiger partial charge is 0.492 e. The van der Waals surface area contributed by atoms with E-state index < -0.39 is 11.2 Å². The number of ether oxygens (including phenoxy) is 1. The highest BCUT2D eigenvalue weighted by Crippen LogP contribution is 2.27. The van der Waals surface area contributed by atoms with Gasteiger partial charge >= 0.3 is 0 Å². The van der Waals surface area contributed by atoms with Crippen molar-refractivity contribution in [3.63, 3.8) is 0 Å². The van der Waals surface area contributed by atoms with Crippen LogP contribution in [0, 0.1) is 0 Å². The molecule has 1 aromatic carbocycles. The number of amides is 1. The van der Waals surface area contributed by atoms with Crippen molar-refractivity contribution in [2.75, 3.05) is 6.61 Å². The number of tetrazole rings is 1. The SMILES string of the molecule is CCOc1ccccc1-n1nnnc1SC(C)C(N)=O. The van der Waals surface area contributed by atoms with E-state index in [-0.39, 0.29) is 0 Å². The molecule has 0 saturated carbocycles. The Morgan fingerprint density at radius 3 is 2.95 bits per heavy atom. The van der Waals surface area contributed by atoms with Crippen molar-refractivity contribution in [2.45, 2.75) is 24.3 Å². The van der Waals surface area contributed by atoms with Gasteiger partial charge in [-0.05, 0) is 36.4 Å². The highest BCUT2D eigenvalue weighted by Gasteiger charge is 2.18. The van der Waals surface area contributed by atoms with Gasteiger partial charge in [0.25, 0.3) is 0 Å². The Balaban J connectivity index is 2.34. The van der Waals surface area contributed by atoms with Crippen molar-refractivity contribution in [2.24, 2.45) is 5.73 Å². The van der Waals surface area contributed by atoms with Crippen LogP contribution in [-0.2, 0) is 4.79 Å². The lowest BCUT2D eigenvalue weighted by molar-refractivity contribution is -0.117. The first-order valence-corrected chi connectivity index (χ1v) is 6.98. The third kappa shape index (κ3) is 3.08. The van der Waals surface area contributed by atoms with Crippen molar-refractivity contribution in [1.82, 2.24) is 20.2 Å². The van der Waals surface area contributed by atoms with Crippen LogP contribution in [0.15, 0.2) is 29.4 Å². The molecule has 0 aliphatic heterocycles. The molecule has 1 amide bonds. The number of hydrogen-bond donors (Lipinski definition) is 1. The molecule has 8 heteroatoms. The molecule has 0 bridgehead atoms. The maximum atomic E-state index is 11.1. The summed E-state index contributed by atoms with van der Waals surface area (Å²) in [5, 5.41) is 11.6. The molecule has 0 fully saturated rings. The average molecular weight is 293 g/mol. The number of nitrogens with zero attached hydrogens (tertiary/aromatic N) is 4. The molecule has 2 rings (SSSR count). The molecule has 0 radical (unpaired) electrons. The summed E-state index contributed by atoms with van der Waals surface area (Å²) in [5.41, 5.74) is 5.98. The summed E-state index contributed by atoms with van der Waals surface area (Å²) in [6.07, 6.45) is 0. The number of nitrogens with two attached hydrogens (primary N) is 1. The summed E-state index contributed by atoms with van der Waals surface area (Å²) >= 11 is 1.20. The van der Waals surface area contributed by atoms with E-state index in [4.69, 9.17) is 10.5 Å². The predicted molar refractivity (Wildman–Crippen MR) is 74.8 cm³/mol. The summed E-state index contributed by atoms with van der Waals surface area (Å²) in [7, 11) is 0. The van der Waals surface area contributed by atoms with E-state index in [2.05, 4.69) is 15.5 Å². The smallest absolute Gasteiger partial charge is 0.230 e. The van der Waals surface area contributed by atoms with Crippen LogP contribution in [0.2, 0.25) is 0 Å². The molecular formula is C12H15N5O2S. The summed E-state index contributed by atoms with van der Waals surface area (Å²) in [5.74, 6) is 0.263. The van der Waals surface area contributed by atoms with E-state index in [1.807, 2.05) is 31.2 Å². The van der Waals surface area contributed by atoms with Gasteiger partial charge in [-0.25, -0.2) is 0 Å². The Hall–Kier alpha value is -2.09. The molecule has 1 atom stereocenters. The number of primary amides is 1. The third-order valence-corrected chi connectivity index (χ3v) is 3.57. The second-order valence-electron chi connectivity index (χ2n) is 3.94. The molecule has 0 spiro atoms. The standard InChI is InChI=1S/C12H15N5O2S/c1-3-19-10-7-5-4-6-9(10)17-12(14-15-16-17)20-8(2)11(13)18/h4-8H,3H2,1-2H3,(H2,13,18). The molecule has 2 aromatic rings. The van der Waals surface area contributed by atoms with Crippen LogP contribution >= 0.6 is 11.8 Å². The quantitative estimate of drug-likeness (QED) is 0.799. The van der Waals surface area contributed by atoms with Crippen LogP contribution in [0.1, 0.15) is 13.8 Å². The van der Waals surface area contributed by atoms with E-state index in [1.165, 1.54) is 16.4 Å². The minimum atomic E-state index is -0.418. The number of para-hydroxylation sites is 2. The highest BCUT2D eigenvalue weighted by atomic mass is 32.2. The summed E-state index contributed by atoms with van der Waals surface area (Å²) in [4.78, 5) is 11.1. The van der Waals surface area contributed by atoms with Crippen LogP contribution in [0.5, 0.6) is 5.75 Å². The van der Waals surface area contributed by atoms with Gasteiger partial charge in [0.15, 0.2) is 0 Å². The number of aromatic nitrogens is 4. The van der Waals surface area contributed by atoms with E-state index in [0.29, 0.717) is 17.5 Å². The lowest BCUT2D eigenvalue weighted by Gasteiger charge is -2.11. The lowest BCUT2D eigenvalue weighted by Crippen LogP contribution is -2.23. The van der Waals surface area contributed by atoms with Crippen LogP contribution in [0.3, 0.4) is 0 Å². The van der Waals surface area contributed by atoms with Gasteiger partial charge in [-0.2, -0.15) is 4.68 Å². The van der Waals surface area contributed by atoms with Gasteiger partial charge in [0.2, 0.25) is 11.1 Å². The van der Waals surface area contributed by atoms with Gasteiger partial charge in [0, 0.05) is 0 Å². The number of carbonyl (C=O) groups is 1. The first kappa shape index (κ1) is 14.3. The molecule has 7 nitrogen and oxygen atoms in total. The first-order chi connectivity index (χ1) is 9.63. The van der Waals surface area contributed by atoms with E-state index in [9.17, 15) is 4.79 Å². The van der Waals surface area contributed by atoms with Gasteiger partial charge < -0.3 is 10.5 Å². The average Bonchev–Trinajstić information content (AvgIpc) is 2.87. The molecule has 20 heavy (non-hydrogen) atoms.